The lowest BCUT2D eigenvalue weighted by atomic mass is 9.97. The molecule has 2 saturated heterocycles. The Kier molecular flexibility index (Phi) is 8.90. The SMILES string of the molecule is CCOC(=O)C=C[C@H](O)[C@H](NCc1ccccc1)[C@H]1O[C@@H]2OC(C)(C)O[C@@H]2[C@H]1OCc1ccccc1. The van der Waals surface area contributed by atoms with Gasteiger partial charge in [-0.3, -0.25) is 0 Å². The van der Waals surface area contributed by atoms with Gasteiger partial charge in [0, 0.05) is 12.6 Å². The van der Waals surface area contributed by atoms with Crippen molar-refractivity contribution in [3.63, 3.8) is 0 Å². The van der Waals surface area contributed by atoms with Crippen LogP contribution < -0.4 is 5.32 Å². The summed E-state index contributed by atoms with van der Waals surface area (Å²) >= 11 is 0. The number of nitrogens with one attached hydrogen (secondary N) is 1. The Hall–Kier alpha value is -2.59. The van der Waals surface area contributed by atoms with Gasteiger partial charge in [-0.2, -0.15) is 0 Å². The van der Waals surface area contributed by atoms with Gasteiger partial charge in [0.25, 0.3) is 0 Å². The van der Waals surface area contributed by atoms with E-state index in [4.69, 9.17) is 23.7 Å². The normalized spacial score (nSPS) is 26.6. The molecule has 2 fully saturated rings. The molecule has 2 aromatic rings. The number of aliphatic hydroxyl groups excluding tert-OH is 1. The standard InChI is InChI=1S/C28H35NO7/c1-4-32-22(31)16-15-21(30)23(29-17-19-11-7-5-8-12-19)24-25(33-18-20-13-9-6-10-14-20)26-27(34-24)36-28(2,3)35-26/h5-16,21,23-27,29-30H,4,17-18H2,1-3H3/t21-,23-,24+,25-,26+,27+/m0/s1. The van der Waals surface area contributed by atoms with Crippen LogP contribution in [-0.2, 0) is 41.6 Å². The molecule has 8 nitrogen and oxygen atoms in total. The van der Waals surface area contributed by atoms with Crippen LogP contribution in [0.5, 0.6) is 0 Å². The molecule has 194 valence electrons. The molecular weight excluding hydrogens is 462 g/mol. The van der Waals surface area contributed by atoms with Crippen LogP contribution in [0.3, 0.4) is 0 Å². The highest BCUT2D eigenvalue weighted by Gasteiger charge is 2.57. The second-order valence-electron chi connectivity index (χ2n) is 9.32. The molecule has 2 aromatic carbocycles. The predicted molar refractivity (Wildman–Crippen MR) is 133 cm³/mol. The van der Waals surface area contributed by atoms with Crippen molar-refractivity contribution >= 4 is 5.97 Å². The molecule has 2 aliphatic rings. The zero-order valence-electron chi connectivity index (χ0n) is 20.9. The molecular formula is C28H35NO7. The van der Waals surface area contributed by atoms with Gasteiger partial charge in [0.1, 0.15) is 18.3 Å². The van der Waals surface area contributed by atoms with E-state index < -0.39 is 48.5 Å². The van der Waals surface area contributed by atoms with E-state index in [0.29, 0.717) is 13.2 Å². The molecule has 2 aliphatic heterocycles. The number of hydrogen-bond donors (Lipinski definition) is 2. The minimum atomic E-state index is -1.07. The number of aliphatic hydroxyl groups is 1. The van der Waals surface area contributed by atoms with E-state index in [0.717, 1.165) is 11.1 Å². The van der Waals surface area contributed by atoms with Gasteiger partial charge in [-0.05, 0) is 38.0 Å². The molecule has 0 radical (unpaired) electrons. The molecule has 2 N–H and O–H groups in total. The summed E-state index contributed by atoms with van der Waals surface area (Å²) in [4.78, 5) is 11.9. The highest BCUT2D eigenvalue weighted by molar-refractivity contribution is 5.81. The van der Waals surface area contributed by atoms with E-state index in [1.165, 1.54) is 12.2 Å². The molecule has 0 amide bonds. The second-order valence-corrected chi connectivity index (χ2v) is 9.32. The van der Waals surface area contributed by atoms with Crippen molar-refractivity contribution in [2.24, 2.45) is 0 Å². The molecule has 36 heavy (non-hydrogen) atoms. The molecule has 4 rings (SSSR count). The third-order valence-electron chi connectivity index (χ3n) is 6.13. The molecule has 0 unspecified atom stereocenters. The van der Waals surface area contributed by atoms with Gasteiger partial charge < -0.3 is 34.1 Å². The maximum atomic E-state index is 11.9. The van der Waals surface area contributed by atoms with Crippen LogP contribution in [0.1, 0.15) is 31.9 Å². The van der Waals surface area contributed by atoms with E-state index in [2.05, 4.69) is 5.32 Å². The van der Waals surface area contributed by atoms with Crippen LogP contribution in [0.4, 0.5) is 0 Å². The number of benzene rings is 2. The molecule has 8 heteroatoms. The zero-order valence-corrected chi connectivity index (χ0v) is 20.9. The molecule has 6 atom stereocenters. The third kappa shape index (κ3) is 6.79. The summed E-state index contributed by atoms with van der Waals surface area (Å²) in [6.07, 6.45) is -0.696. The lowest BCUT2D eigenvalue weighted by molar-refractivity contribution is -0.224. The number of rotatable bonds is 11. The molecule has 0 spiro atoms. The quantitative estimate of drug-likeness (QED) is 0.361. The fourth-order valence-corrected chi connectivity index (χ4v) is 4.50. The van der Waals surface area contributed by atoms with Crippen molar-refractivity contribution in [3.8, 4) is 0 Å². The van der Waals surface area contributed by atoms with Gasteiger partial charge in [-0.15, -0.1) is 0 Å². The number of carbonyl (C=O) groups is 1. The molecule has 2 heterocycles. The van der Waals surface area contributed by atoms with E-state index in [-0.39, 0.29) is 6.61 Å². The van der Waals surface area contributed by atoms with Gasteiger partial charge in [0.2, 0.25) is 0 Å². The van der Waals surface area contributed by atoms with Crippen LogP contribution in [0, 0.1) is 0 Å². The smallest absolute Gasteiger partial charge is 0.330 e. The first-order valence-electron chi connectivity index (χ1n) is 12.3. The van der Waals surface area contributed by atoms with E-state index >= 15 is 0 Å². The number of ether oxygens (including phenoxy) is 5. The van der Waals surface area contributed by atoms with Crippen LogP contribution in [0.15, 0.2) is 72.8 Å². The van der Waals surface area contributed by atoms with Gasteiger partial charge in [-0.25, -0.2) is 4.79 Å². The largest absolute Gasteiger partial charge is 0.463 e. The lowest BCUT2D eigenvalue weighted by Gasteiger charge is -2.33. The van der Waals surface area contributed by atoms with Crippen LogP contribution in [0.25, 0.3) is 0 Å². The average Bonchev–Trinajstić information content (AvgIpc) is 3.34. The van der Waals surface area contributed by atoms with Gasteiger partial charge in [0.05, 0.1) is 25.4 Å². The molecule has 0 aliphatic carbocycles. The van der Waals surface area contributed by atoms with Crippen molar-refractivity contribution in [3.05, 3.63) is 83.9 Å². The number of esters is 1. The first-order valence-corrected chi connectivity index (χ1v) is 12.3. The summed E-state index contributed by atoms with van der Waals surface area (Å²) < 4.78 is 29.8. The fourth-order valence-electron chi connectivity index (χ4n) is 4.50. The van der Waals surface area contributed by atoms with Crippen molar-refractivity contribution in [1.29, 1.82) is 0 Å². The topological polar surface area (TPSA) is 95.5 Å². The van der Waals surface area contributed by atoms with Gasteiger partial charge in [-0.1, -0.05) is 60.7 Å². The summed E-state index contributed by atoms with van der Waals surface area (Å²) in [5.41, 5.74) is 2.05. The van der Waals surface area contributed by atoms with Gasteiger partial charge in [0.15, 0.2) is 12.1 Å². The van der Waals surface area contributed by atoms with E-state index in [1.54, 1.807) is 6.92 Å². The van der Waals surface area contributed by atoms with Crippen molar-refractivity contribution in [1.82, 2.24) is 5.32 Å². The second kappa shape index (κ2) is 12.1. The Bertz CT molecular complexity index is 997. The van der Waals surface area contributed by atoms with Crippen LogP contribution in [-0.4, -0.2) is 60.2 Å². The van der Waals surface area contributed by atoms with Gasteiger partial charge >= 0.3 is 5.97 Å². The lowest BCUT2D eigenvalue weighted by Crippen LogP contribution is -2.53. The molecule has 0 aromatic heterocycles. The van der Waals surface area contributed by atoms with Crippen molar-refractivity contribution in [2.75, 3.05) is 6.61 Å². The van der Waals surface area contributed by atoms with E-state index in [1.807, 2.05) is 74.5 Å². The molecule has 0 saturated carbocycles. The predicted octanol–water partition coefficient (Wildman–Crippen LogP) is 3.09. The fraction of sp³-hybridized carbons (Fsp3) is 0.464. The summed E-state index contributed by atoms with van der Waals surface area (Å²) in [6.45, 7) is 6.47. The minimum Gasteiger partial charge on any atom is -0.463 e. The number of fused-ring (bicyclic) bond motifs is 1. The Labute approximate surface area is 212 Å². The Balaban J connectivity index is 1.56. The average molecular weight is 498 g/mol. The van der Waals surface area contributed by atoms with Crippen molar-refractivity contribution < 1.29 is 33.6 Å². The van der Waals surface area contributed by atoms with Crippen LogP contribution >= 0.6 is 0 Å². The third-order valence-corrected chi connectivity index (χ3v) is 6.13. The summed E-state index contributed by atoms with van der Waals surface area (Å²) in [5.74, 6) is -1.34. The maximum absolute atomic E-state index is 11.9. The highest BCUT2D eigenvalue weighted by Crippen LogP contribution is 2.40. The van der Waals surface area contributed by atoms with Crippen molar-refractivity contribution in [2.45, 2.75) is 76.5 Å². The maximum Gasteiger partial charge on any atom is 0.330 e. The summed E-state index contributed by atoms with van der Waals surface area (Å²) in [6, 6.07) is 19.0. The number of carbonyl (C=O) groups excluding carboxylic acids is 1. The Morgan fingerprint density at radius 3 is 2.42 bits per heavy atom. The first-order chi connectivity index (χ1) is 17.4. The Morgan fingerprint density at radius 2 is 1.75 bits per heavy atom. The number of hydrogen-bond acceptors (Lipinski definition) is 8. The zero-order chi connectivity index (χ0) is 25.5. The summed E-state index contributed by atoms with van der Waals surface area (Å²) in [5, 5.41) is 14.6. The minimum absolute atomic E-state index is 0.254. The van der Waals surface area contributed by atoms with Crippen LogP contribution in [0.2, 0.25) is 0 Å². The molecule has 0 bridgehead atoms. The highest BCUT2D eigenvalue weighted by atomic mass is 16.8. The first kappa shape index (κ1) is 26.5. The monoisotopic (exact) mass is 497 g/mol. The summed E-state index contributed by atoms with van der Waals surface area (Å²) in [7, 11) is 0. The van der Waals surface area contributed by atoms with E-state index in [9.17, 15) is 9.90 Å². The Morgan fingerprint density at radius 1 is 1.08 bits per heavy atom.